The van der Waals surface area contributed by atoms with Crippen LogP contribution in [0.2, 0.25) is 0 Å². The molecule has 2 saturated heterocycles. The number of aromatic nitrogens is 2. The van der Waals surface area contributed by atoms with Crippen LogP contribution in [0.5, 0.6) is 0 Å². The van der Waals surface area contributed by atoms with Crippen molar-refractivity contribution >= 4 is 46.3 Å². The summed E-state index contributed by atoms with van der Waals surface area (Å²) >= 11 is 2.54. The number of thiophene rings is 1. The number of carbonyl (C=O) groups excluding carboxylic acids is 1. The number of anilines is 3. The van der Waals surface area contributed by atoms with Gasteiger partial charge in [-0.15, -0.1) is 23.1 Å². The van der Waals surface area contributed by atoms with Crippen LogP contribution in [0.25, 0.3) is 10.6 Å². The van der Waals surface area contributed by atoms with Gasteiger partial charge in [0, 0.05) is 59.9 Å². The molecule has 0 saturated carbocycles. The van der Waals surface area contributed by atoms with Crippen molar-refractivity contribution < 1.29 is 22.7 Å². The SMILES string of the molecule is CCc1cc(N2C[C@@H](C)N[C@@H](C)C2)ccc1Nc1ncc(C(F)(F)F)c(-c2cc3c(s2)C(=O)N(C2COC2)CCS3)n1. The minimum atomic E-state index is -4.66. The lowest BCUT2D eigenvalue weighted by atomic mass is 10.1. The van der Waals surface area contributed by atoms with Gasteiger partial charge in [-0.05, 0) is 50.1 Å². The van der Waals surface area contributed by atoms with Gasteiger partial charge < -0.3 is 25.2 Å². The van der Waals surface area contributed by atoms with E-state index in [1.165, 1.54) is 11.8 Å². The highest BCUT2D eigenvalue weighted by Gasteiger charge is 2.38. The zero-order valence-corrected chi connectivity index (χ0v) is 25.3. The molecule has 2 aromatic heterocycles. The Morgan fingerprint density at radius 3 is 2.60 bits per heavy atom. The third-order valence-electron chi connectivity index (χ3n) is 7.77. The molecule has 42 heavy (non-hydrogen) atoms. The standard InChI is InChI=1S/C29H33F3N6O2S2/c1-4-18-9-19(37-12-16(2)34-17(3)13-37)5-6-22(18)35-28-33-11-21(29(30,31)32)25(36-28)23-10-24-26(42-23)27(39)38(7-8-41-24)20-14-40-15-20/h5-6,9-11,16-17,20,34H,4,7-8,12-15H2,1-3H3,(H,33,35,36)/t16-,17+. The summed E-state index contributed by atoms with van der Waals surface area (Å²) in [5.41, 5.74) is 1.70. The molecule has 1 aromatic carbocycles. The Kier molecular flexibility index (Phi) is 8.11. The van der Waals surface area contributed by atoms with Gasteiger partial charge in [0.05, 0.1) is 29.8 Å². The number of carbonyl (C=O) groups is 1. The molecule has 224 valence electrons. The predicted octanol–water partition coefficient (Wildman–Crippen LogP) is 5.66. The zero-order valence-electron chi connectivity index (χ0n) is 23.6. The van der Waals surface area contributed by atoms with E-state index in [1.54, 1.807) is 11.0 Å². The predicted molar refractivity (Wildman–Crippen MR) is 160 cm³/mol. The van der Waals surface area contributed by atoms with Gasteiger partial charge in [0.25, 0.3) is 5.91 Å². The number of alkyl halides is 3. The Balaban J connectivity index is 1.31. The molecule has 3 aliphatic rings. The molecular formula is C29H33F3N6O2S2. The van der Waals surface area contributed by atoms with E-state index in [1.807, 2.05) is 19.1 Å². The zero-order chi connectivity index (χ0) is 29.6. The summed E-state index contributed by atoms with van der Waals surface area (Å²) in [5.74, 6) is 0.567. The van der Waals surface area contributed by atoms with E-state index in [2.05, 4.69) is 45.4 Å². The maximum atomic E-state index is 14.1. The van der Waals surface area contributed by atoms with Crippen molar-refractivity contribution in [1.29, 1.82) is 0 Å². The summed E-state index contributed by atoms with van der Waals surface area (Å²) in [6, 6.07) is 8.48. The molecule has 0 bridgehead atoms. The number of nitrogens with zero attached hydrogens (tertiary/aromatic N) is 4. The highest BCUT2D eigenvalue weighted by molar-refractivity contribution is 7.99. The highest BCUT2D eigenvalue weighted by atomic mass is 32.2. The van der Waals surface area contributed by atoms with Gasteiger partial charge in [-0.2, -0.15) is 13.2 Å². The molecule has 3 aromatic rings. The number of ether oxygens (including phenoxy) is 1. The van der Waals surface area contributed by atoms with E-state index in [4.69, 9.17) is 4.74 Å². The van der Waals surface area contributed by atoms with E-state index < -0.39 is 11.7 Å². The van der Waals surface area contributed by atoms with Gasteiger partial charge in [0.2, 0.25) is 5.95 Å². The normalized spacial score (nSPS) is 21.6. The summed E-state index contributed by atoms with van der Waals surface area (Å²) < 4.78 is 47.7. The minimum absolute atomic E-state index is 0.00715. The summed E-state index contributed by atoms with van der Waals surface area (Å²) in [7, 11) is 0. The fourth-order valence-electron chi connectivity index (χ4n) is 5.67. The first kappa shape index (κ1) is 29.2. The van der Waals surface area contributed by atoms with Gasteiger partial charge in [-0.3, -0.25) is 4.79 Å². The van der Waals surface area contributed by atoms with Crippen LogP contribution in [0.3, 0.4) is 0 Å². The van der Waals surface area contributed by atoms with Gasteiger partial charge in [-0.1, -0.05) is 6.92 Å². The van der Waals surface area contributed by atoms with Crippen LogP contribution < -0.4 is 15.5 Å². The Morgan fingerprint density at radius 2 is 1.93 bits per heavy atom. The summed E-state index contributed by atoms with van der Waals surface area (Å²) in [5, 5.41) is 6.71. The van der Waals surface area contributed by atoms with Crippen LogP contribution in [0.1, 0.15) is 41.6 Å². The first-order valence-electron chi connectivity index (χ1n) is 14.1. The van der Waals surface area contributed by atoms with E-state index in [0.29, 0.717) is 52.2 Å². The Hall–Kier alpha value is -2.87. The number of thioether (sulfide) groups is 1. The summed E-state index contributed by atoms with van der Waals surface area (Å²) in [4.78, 5) is 27.3. The molecule has 0 aliphatic carbocycles. The molecule has 5 heterocycles. The van der Waals surface area contributed by atoms with Crippen molar-refractivity contribution in [2.24, 2.45) is 0 Å². The lowest BCUT2D eigenvalue weighted by molar-refractivity contribution is -0.137. The number of nitrogens with one attached hydrogen (secondary N) is 2. The van der Waals surface area contributed by atoms with E-state index in [9.17, 15) is 18.0 Å². The van der Waals surface area contributed by atoms with Gasteiger partial charge >= 0.3 is 6.18 Å². The molecule has 0 radical (unpaired) electrons. The van der Waals surface area contributed by atoms with Crippen molar-refractivity contribution in [2.45, 2.75) is 56.4 Å². The maximum Gasteiger partial charge on any atom is 0.420 e. The molecule has 2 N–H and O–H groups in total. The topological polar surface area (TPSA) is 82.6 Å². The van der Waals surface area contributed by atoms with Crippen molar-refractivity contribution in [3.8, 4) is 10.6 Å². The number of hydrogen-bond acceptors (Lipinski definition) is 9. The van der Waals surface area contributed by atoms with Gasteiger partial charge in [0.15, 0.2) is 0 Å². The lowest BCUT2D eigenvalue weighted by Crippen LogP contribution is -2.54. The number of amides is 1. The van der Waals surface area contributed by atoms with Gasteiger partial charge in [0.1, 0.15) is 10.4 Å². The smallest absolute Gasteiger partial charge is 0.377 e. The molecule has 3 aliphatic heterocycles. The third-order valence-corrected chi connectivity index (χ3v) is 10.0. The van der Waals surface area contributed by atoms with Crippen molar-refractivity contribution in [3.63, 3.8) is 0 Å². The van der Waals surface area contributed by atoms with E-state index >= 15 is 0 Å². The lowest BCUT2D eigenvalue weighted by Gasteiger charge is -2.38. The summed E-state index contributed by atoms with van der Waals surface area (Å²) in [6.45, 7) is 9.70. The number of hydrogen-bond donors (Lipinski definition) is 2. The number of benzene rings is 1. The second kappa shape index (κ2) is 11.7. The monoisotopic (exact) mass is 618 g/mol. The number of rotatable bonds is 6. The van der Waals surface area contributed by atoms with Crippen molar-refractivity contribution in [2.75, 3.05) is 48.8 Å². The minimum Gasteiger partial charge on any atom is -0.377 e. The van der Waals surface area contributed by atoms with Crippen LogP contribution in [0, 0.1) is 0 Å². The van der Waals surface area contributed by atoms with Crippen LogP contribution in [0.15, 0.2) is 35.4 Å². The first-order valence-corrected chi connectivity index (χ1v) is 15.9. The second-order valence-electron chi connectivity index (χ2n) is 11.0. The Morgan fingerprint density at radius 1 is 1.17 bits per heavy atom. The molecule has 6 rings (SSSR count). The van der Waals surface area contributed by atoms with E-state index in [-0.39, 0.29) is 23.6 Å². The number of aryl methyl sites for hydroxylation is 1. The third kappa shape index (κ3) is 5.84. The fraction of sp³-hybridized carbons (Fsp3) is 0.483. The number of halogens is 3. The quantitative estimate of drug-likeness (QED) is 0.366. The van der Waals surface area contributed by atoms with Crippen LogP contribution in [0.4, 0.5) is 30.5 Å². The number of fused-ring (bicyclic) bond motifs is 1. The highest BCUT2D eigenvalue weighted by Crippen LogP contribution is 2.43. The van der Waals surface area contributed by atoms with E-state index in [0.717, 1.165) is 54.0 Å². The largest absolute Gasteiger partial charge is 0.420 e. The molecule has 2 fully saturated rings. The first-order chi connectivity index (χ1) is 20.1. The van der Waals surface area contributed by atoms with Crippen LogP contribution >= 0.6 is 23.1 Å². The average Bonchev–Trinajstić information content (AvgIpc) is 3.28. The number of piperazine rings is 1. The summed E-state index contributed by atoms with van der Waals surface area (Å²) in [6.07, 6.45) is -3.11. The van der Waals surface area contributed by atoms with Crippen molar-refractivity contribution in [1.82, 2.24) is 20.2 Å². The molecule has 2 atom stereocenters. The molecule has 0 spiro atoms. The van der Waals surface area contributed by atoms with Gasteiger partial charge in [-0.25, -0.2) is 9.97 Å². The van der Waals surface area contributed by atoms with Crippen molar-refractivity contribution in [3.05, 3.63) is 46.5 Å². The maximum absolute atomic E-state index is 14.1. The second-order valence-corrected chi connectivity index (χ2v) is 13.2. The molecule has 13 heteroatoms. The molecular weight excluding hydrogens is 585 g/mol. The molecule has 0 unspecified atom stereocenters. The molecule has 8 nitrogen and oxygen atoms in total. The van der Waals surface area contributed by atoms with Crippen LogP contribution in [-0.2, 0) is 17.3 Å². The fourth-order valence-corrected chi connectivity index (χ4v) is 7.99. The van der Waals surface area contributed by atoms with Crippen LogP contribution in [-0.4, -0.2) is 77.5 Å². The Bertz CT molecular complexity index is 1470. The molecule has 1 amide bonds. The Labute approximate surface area is 251 Å². The average molecular weight is 619 g/mol.